The Morgan fingerprint density at radius 2 is 1.95 bits per heavy atom. The van der Waals surface area contributed by atoms with Gasteiger partial charge < -0.3 is 14.8 Å². The number of nitrogens with one attached hydrogen (secondary N) is 1. The summed E-state index contributed by atoms with van der Waals surface area (Å²) >= 11 is 0. The van der Waals surface area contributed by atoms with Gasteiger partial charge in [0.2, 0.25) is 0 Å². The smallest absolute Gasteiger partial charge is 0.408 e. The molecule has 0 heterocycles. The van der Waals surface area contributed by atoms with Gasteiger partial charge in [0.05, 0.1) is 4.92 Å². The predicted octanol–water partition coefficient (Wildman–Crippen LogP) is 2.67. The molecule has 0 saturated carbocycles. The molecule has 0 radical (unpaired) electrons. The van der Waals surface area contributed by atoms with Crippen LogP contribution in [-0.2, 0) is 15.1 Å². The summed E-state index contributed by atoms with van der Waals surface area (Å²) in [6.07, 6.45) is -0.646. The van der Waals surface area contributed by atoms with Crippen molar-refractivity contribution in [2.45, 2.75) is 38.8 Å². The minimum absolute atomic E-state index is 0.291. The molecular weight excluding hydrogens is 295 g/mol. The number of nitro benzene ring substituents is 1. The van der Waals surface area contributed by atoms with Gasteiger partial charge in [-0.05, 0) is 33.8 Å². The zero-order valence-electron chi connectivity index (χ0n) is 12.7. The van der Waals surface area contributed by atoms with Gasteiger partial charge in [-0.2, -0.15) is 0 Å². The van der Waals surface area contributed by atoms with Crippen LogP contribution in [0.15, 0.2) is 18.2 Å². The van der Waals surface area contributed by atoms with Crippen molar-refractivity contribution in [3.63, 3.8) is 0 Å². The third-order valence-corrected chi connectivity index (χ3v) is 2.72. The minimum Gasteiger partial charge on any atom is -0.444 e. The highest BCUT2D eigenvalue weighted by molar-refractivity contribution is 5.78. The maximum Gasteiger partial charge on any atom is 0.408 e. The summed E-state index contributed by atoms with van der Waals surface area (Å²) in [5.41, 5.74) is -3.31. The van der Waals surface area contributed by atoms with Gasteiger partial charge in [-0.15, -0.1) is 0 Å². The lowest BCUT2D eigenvalue weighted by Gasteiger charge is -2.28. The Kier molecular flexibility index (Phi) is 4.85. The van der Waals surface area contributed by atoms with Crippen LogP contribution in [-0.4, -0.2) is 22.9 Å². The number of carbonyl (C=O) groups is 2. The lowest BCUT2D eigenvalue weighted by molar-refractivity contribution is -0.385. The number of amides is 1. The molecule has 0 spiro atoms. The van der Waals surface area contributed by atoms with Crippen molar-refractivity contribution in [1.29, 1.82) is 0 Å². The molecule has 0 aromatic heterocycles. The summed E-state index contributed by atoms with van der Waals surface area (Å²) in [6.45, 7) is 6.10. The monoisotopic (exact) mass is 312 g/mol. The molecule has 120 valence electrons. The molecule has 0 saturated heterocycles. The van der Waals surface area contributed by atoms with Crippen molar-refractivity contribution >= 4 is 18.1 Å². The average Bonchev–Trinajstić information content (AvgIpc) is 2.36. The number of carbonyl (C=O) groups excluding carboxylic acids is 2. The molecule has 1 atom stereocenters. The largest absolute Gasteiger partial charge is 0.444 e. The highest BCUT2D eigenvalue weighted by Gasteiger charge is 2.34. The maximum absolute atomic E-state index is 13.9. The van der Waals surface area contributed by atoms with Gasteiger partial charge in [-0.25, -0.2) is 9.18 Å². The van der Waals surface area contributed by atoms with E-state index in [0.717, 1.165) is 18.2 Å². The number of ether oxygens (including phenoxy) is 1. The second-order valence-electron chi connectivity index (χ2n) is 5.87. The second-order valence-corrected chi connectivity index (χ2v) is 5.87. The lowest BCUT2D eigenvalue weighted by atomic mass is 9.93. The molecular formula is C14H17FN2O5. The quantitative estimate of drug-likeness (QED) is 0.523. The summed E-state index contributed by atoms with van der Waals surface area (Å²) in [4.78, 5) is 33.2. The van der Waals surface area contributed by atoms with E-state index in [9.17, 15) is 24.1 Å². The fourth-order valence-corrected chi connectivity index (χ4v) is 1.70. The zero-order valence-corrected chi connectivity index (χ0v) is 12.7. The number of aldehydes is 1. The predicted molar refractivity (Wildman–Crippen MR) is 75.8 cm³/mol. The molecule has 1 N–H and O–H groups in total. The third-order valence-electron chi connectivity index (χ3n) is 2.72. The lowest BCUT2D eigenvalue weighted by Crippen LogP contribution is -2.47. The summed E-state index contributed by atoms with van der Waals surface area (Å²) < 4.78 is 18.9. The first-order chi connectivity index (χ1) is 9.98. The standard InChI is InChI=1S/C14H17FN2O5/c1-13(2,3)22-12(19)16-14(4,8-18)10-7-9(17(20)21)5-6-11(10)15/h5-8H,1-4H3,(H,16,19). The number of hydrogen-bond donors (Lipinski definition) is 1. The number of nitrogens with zero attached hydrogens (tertiary/aromatic N) is 1. The van der Waals surface area contributed by atoms with E-state index in [1.807, 2.05) is 0 Å². The van der Waals surface area contributed by atoms with Crippen molar-refractivity contribution in [3.8, 4) is 0 Å². The van der Waals surface area contributed by atoms with E-state index in [-0.39, 0.29) is 5.56 Å². The van der Waals surface area contributed by atoms with Crippen LogP contribution in [0.2, 0.25) is 0 Å². The number of non-ortho nitro benzene ring substituents is 1. The van der Waals surface area contributed by atoms with E-state index in [2.05, 4.69) is 5.32 Å². The number of benzene rings is 1. The van der Waals surface area contributed by atoms with Crippen LogP contribution in [0.5, 0.6) is 0 Å². The fourth-order valence-electron chi connectivity index (χ4n) is 1.70. The van der Waals surface area contributed by atoms with Crippen LogP contribution in [0.25, 0.3) is 0 Å². The number of halogens is 1. The molecule has 0 aliphatic carbocycles. The zero-order chi connectivity index (χ0) is 17.1. The van der Waals surface area contributed by atoms with E-state index in [1.54, 1.807) is 20.8 Å². The Morgan fingerprint density at radius 1 is 1.36 bits per heavy atom. The molecule has 1 rings (SSSR count). The maximum atomic E-state index is 13.9. The van der Waals surface area contributed by atoms with Crippen molar-refractivity contribution in [1.82, 2.24) is 5.32 Å². The number of hydrogen-bond acceptors (Lipinski definition) is 5. The Labute approximate surface area is 126 Å². The molecule has 0 aliphatic rings. The van der Waals surface area contributed by atoms with Gasteiger partial charge in [0.25, 0.3) is 5.69 Å². The number of alkyl carbamates (subject to hydrolysis) is 1. The van der Waals surface area contributed by atoms with E-state index >= 15 is 0 Å². The van der Waals surface area contributed by atoms with Gasteiger partial charge in [-0.1, -0.05) is 0 Å². The summed E-state index contributed by atoms with van der Waals surface area (Å²) in [6, 6.07) is 2.74. The molecule has 1 amide bonds. The Morgan fingerprint density at radius 3 is 2.41 bits per heavy atom. The topological polar surface area (TPSA) is 98.5 Å². The second kappa shape index (κ2) is 6.08. The first kappa shape index (κ1) is 17.5. The fraction of sp³-hybridized carbons (Fsp3) is 0.429. The summed E-state index contributed by atoms with van der Waals surface area (Å²) in [5, 5.41) is 13.0. The number of nitro groups is 1. The summed E-state index contributed by atoms with van der Waals surface area (Å²) in [7, 11) is 0. The minimum atomic E-state index is -1.79. The van der Waals surface area contributed by atoms with E-state index in [1.165, 1.54) is 6.92 Å². The summed E-state index contributed by atoms with van der Waals surface area (Å²) in [5.74, 6) is -0.851. The van der Waals surface area contributed by atoms with Gasteiger partial charge in [0.15, 0.2) is 0 Å². The van der Waals surface area contributed by atoms with Crippen LogP contribution < -0.4 is 5.32 Å². The average molecular weight is 312 g/mol. The number of rotatable bonds is 4. The van der Waals surface area contributed by atoms with Gasteiger partial charge >= 0.3 is 6.09 Å². The molecule has 0 bridgehead atoms. The van der Waals surface area contributed by atoms with Gasteiger partial charge in [0.1, 0.15) is 23.2 Å². The Bertz CT molecular complexity index is 612. The van der Waals surface area contributed by atoms with Crippen LogP contribution in [0.1, 0.15) is 33.3 Å². The molecule has 0 aliphatic heterocycles. The first-order valence-electron chi connectivity index (χ1n) is 6.40. The van der Waals surface area contributed by atoms with E-state index in [4.69, 9.17) is 4.74 Å². The Balaban J connectivity index is 3.18. The van der Waals surface area contributed by atoms with E-state index < -0.39 is 33.7 Å². The van der Waals surface area contributed by atoms with Crippen LogP contribution >= 0.6 is 0 Å². The molecule has 1 aromatic rings. The van der Waals surface area contributed by atoms with Crippen LogP contribution in [0, 0.1) is 15.9 Å². The molecule has 0 fully saturated rings. The molecule has 1 unspecified atom stereocenters. The molecule has 1 aromatic carbocycles. The van der Waals surface area contributed by atoms with Crippen LogP contribution in [0.4, 0.5) is 14.9 Å². The van der Waals surface area contributed by atoms with Gasteiger partial charge in [-0.3, -0.25) is 10.1 Å². The van der Waals surface area contributed by atoms with Crippen molar-refractivity contribution in [3.05, 3.63) is 39.7 Å². The Hall–Kier alpha value is -2.51. The molecule has 8 heteroatoms. The third kappa shape index (κ3) is 4.24. The van der Waals surface area contributed by atoms with E-state index in [0.29, 0.717) is 6.29 Å². The normalized spacial score (nSPS) is 13.9. The van der Waals surface area contributed by atoms with Crippen molar-refractivity contribution < 1.29 is 23.6 Å². The highest BCUT2D eigenvalue weighted by Crippen LogP contribution is 2.26. The van der Waals surface area contributed by atoms with Crippen LogP contribution in [0.3, 0.4) is 0 Å². The first-order valence-corrected chi connectivity index (χ1v) is 6.40. The molecule has 7 nitrogen and oxygen atoms in total. The SMILES string of the molecule is CC(C)(C)OC(=O)NC(C)(C=O)c1cc([N+](=O)[O-])ccc1F. The van der Waals surface area contributed by atoms with Crippen molar-refractivity contribution in [2.75, 3.05) is 0 Å². The van der Waals surface area contributed by atoms with Crippen molar-refractivity contribution in [2.24, 2.45) is 0 Å². The molecule has 22 heavy (non-hydrogen) atoms. The van der Waals surface area contributed by atoms with Gasteiger partial charge in [0, 0.05) is 17.7 Å². The highest BCUT2D eigenvalue weighted by atomic mass is 19.1.